The van der Waals surface area contributed by atoms with E-state index in [0.29, 0.717) is 18.7 Å². The smallest absolute Gasteiger partial charge is 0.326 e. The van der Waals surface area contributed by atoms with Gasteiger partial charge in [0.2, 0.25) is 5.91 Å². The van der Waals surface area contributed by atoms with E-state index in [1.54, 1.807) is 0 Å². The highest BCUT2D eigenvalue weighted by Crippen LogP contribution is 1.99. The molecule has 5 heteroatoms. The highest BCUT2D eigenvalue weighted by atomic mass is 35.5. The van der Waals surface area contributed by atoms with Crippen LogP contribution in [-0.4, -0.2) is 28.9 Å². The second-order valence-electron chi connectivity index (χ2n) is 2.42. The van der Waals surface area contributed by atoms with Crippen LogP contribution < -0.4 is 5.32 Å². The highest BCUT2D eigenvalue weighted by Gasteiger charge is 2.16. The van der Waals surface area contributed by atoms with Gasteiger partial charge in [0, 0.05) is 12.8 Å². The van der Waals surface area contributed by atoms with Gasteiger partial charge in [-0.25, -0.2) is 4.79 Å². The predicted octanol–water partition coefficient (Wildman–Crippen LogP) is 0.595. The molecule has 0 aromatic heterocycles. The molecule has 0 unspecified atom stereocenters. The van der Waals surface area contributed by atoms with Gasteiger partial charge in [0.25, 0.3) is 0 Å². The monoisotopic (exact) mass is 193 g/mol. The lowest BCUT2D eigenvalue weighted by Gasteiger charge is -2.11. The van der Waals surface area contributed by atoms with Gasteiger partial charge >= 0.3 is 5.97 Å². The van der Waals surface area contributed by atoms with Crippen LogP contribution in [0.25, 0.3) is 0 Å². The normalized spacial score (nSPS) is 12.2. The van der Waals surface area contributed by atoms with Crippen molar-refractivity contribution < 1.29 is 14.7 Å². The van der Waals surface area contributed by atoms with Crippen LogP contribution in [-0.2, 0) is 9.59 Å². The number of rotatable bonds is 5. The first-order valence-corrected chi connectivity index (χ1v) is 4.17. The Kier molecular flexibility index (Phi) is 5.45. The number of aliphatic carboxylic acids is 1. The van der Waals surface area contributed by atoms with Gasteiger partial charge in [-0.2, -0.15) is 0 Å². The van der Waals surface area contributed by atoms with Crippen LogP contribution in [0.3, 0.4) is 0 Å². The summed E-state index contributed by atoms with van der Waals surface area (Å²) in [7, 11) is 0. The molecule has 0 fully saturated rings. The largest absolute Gasteiger partial charge is 0.480 e. The van der Waals surface area contributed by atoms with Crippen LogP contribution >= 0.6 is 11.6 Å². The van der Waals surface area contributed by atoms with Crippen molar-refractivity contribution in [3.8, 4) is 0 Å². The number of hydrogen-bond acceptors (Lipinski definition) is 2. The first-order valence-electron chi connectivity index (χ1n) is 3.63. The molecule has 0 aliphatic heterocycles. The van der Waals surface area contributed by atoms with Gasteiger partial charge in [-0.1, -0.05) is 0 Å². The van der Waals surface area contributed by atoms with E-state index >= 15 is 0 Å². The third-order valence-electron chi connectivity index (χ3n) is 1.30. The Morgan fingerprint density at radius 2 is 2.17 bits per heavy atom. The number of amides is 1. The number of halogens is 1. The summed E-state index contributed by atoms with van der Waals surface area (Å²) in [5.41, 5.74) is 0. The molecule has 0 aromatic rings. The Labute approximate surface area is 75.9 Å². The maximum Gasteiger partial charge on any atom is 0.326 e. The molecule has 0 radical (unpaired) electrons. The molecule has 0 rings (SSSR count). The number of alkyl halides is 1. The lowest BCUT2D eigenvalue weighted by atomic mass is 10.2. The average molecular weight is 194 g/mol. The second kappa shape index (κ2) is 5.83. The lowest BCUT2D eigenvalue weighted by molar-refractivity contribution is -0.141. The fourth-order valence-electron chi connectivity index (χ4n) is 0.784. The Balaban J connectivity index is 3.87. The van der Waals surface area contributed by atoms with E-state index in [2.05, 4.69) is 5.32 Å². The molecule has 4 nitrogen and oxygen atoms in total. The number of carbonyl (C=O) groups excluding carboxylic acids is 1. The van der Waals surface area contributed by atoms with Gasteiger partial charge in [0.1, 0.15) is 6.04 Å². The summed E-state index contributed by atoms with van der Waals surface area (Å²) in [4.78, 5) is 21.0. The van der Waals surface area contributed by atoms with Crippen LogP contribution in [0.1, 0.15) is 19.8 Å². The van der Waals surface area contributed by atoms with E-state index in [4.69, 9.17) is 16.7 Å². The molecule has 0 bridgehead atoms. The van der Waals surface area contributed by atoms with Crippen LogP contribution in [0.15, 0.2) is 0 Å². The summed E-state index contributed by atoms with van der Waals surface area (Å²) < 4.78 is 0. The Hall–Kier alpha value is -0.770. The van der Waals surface area contributed by atoms with Crippen molar-refractivity contribution in [1.29, 1.82) is 0 Å². The van der Waals surface area contributed by atoms with Crippen molar-refractivity contribution in [1.82, 2.24) is 5.32 Å². The quantitative estimate of drug-likeness (QED) is 0.629. The van der Waals surface area contributed by atoms with E-state index < -0.39 is 12.0 Å². The highest BCUT2D eigenvalue weighted by molar-refractivity contribution is 6.17. The number of carboxylic acids is 1. The molecule has 1 amide bonds. The molecule has 0 saturated carbocycles. The van der Waals surface area contributed by atoms with Gasteiger partial charge in [0.15, 0.2) is 0 Å². The van der Waals surface area contributed by atoms with Gasteiger partial charge in [-0.05, 0) is 12.8 Å². The SMILES string of the molecule is CC(=O)N[C@@H](CCCCl)C(=O)O. The van der Waals surface area contributed by atoms with Gasteiger partial charge in [-0.3, -0.25) is 4.79 Å². The van der Waals surface area contributed by atoms with Crippen molar-refractivity contribution in [2.45, 2.75) is 25.8 Å². The molecule has 12 heavy (non-hydrogen) atoms. The van der Waals surface area contributed by atoms with Crippen LogP contribution in [0.4, 0.5) is 0 Å². The summed E-state index contributed by atoms with van der Waals surface area (Å²) >= 11 is 5.38. The molecule has 2 N–H and O–H groups in total. The third kappa shape index (κ3) is 4.96. The van der Waals surface area contributed by atoms with Crippen LogP contribution in [0, 0.1) is 0 Å². The van der Waals surface area contributed by atoms with E-state index in [1.807, 2.05) is 0 Å². The fraction of sp³-hybridized carbons (Fsp3) is 0.714. The fourth-order valence-corrected chi connectivity index (χ4v) is 0.938. The second-order valence-corrected chi connectivity index (χ2v) is 2.80. The molecule has 1 atom stereocenters. The zero-order valence-corrected chi connectivity index (χ0v) is 7.60. The summed E-state index contributed by atoms with van der Waals surface area (Å²) in [6.07, 6.45) is 0.956. The van der Waals surface area contributed by atoms with E-state index in [-0.39, 0.29) is 5.91 Å². The molecule has 0 heterocycles. The van der Waals surface area contributed by atoms with Crippen molar-refractivity contribution in [3.05, 3.63) is 0 Å². The van der Waals surface area contributed by atoms with Crippen molar-refractivity contribution >= 4 is 23.5 Å². The number of nitrogens with one attached hydrogen (secondary N) is 1. The molecule has 0 aliphatic carbocycles. The molecular weight excluding hydrogens is 182 g/mol. The van der Waals surface area contributed by atoms with Gasteiger partial charge in [-0.15, -0.1) is 11.6 Å². The van der Waals surface area contributed by atoms with E-state index in [9.17, 15) is 9.59 Å². The van der Waals surface area contributed by atoms with Crippen molar-refractivity contribution in [2.75, 3.05) is 5.88 Å². The first-order chi connectivity index (χ1) is 5.57. The van der Waals surface area contributed by atoms with Crippen LogP contribution in [0.5, 0.6) is 0 Å². The summed E-state index contributed by atoms with van der Waals surface area (Å²) in [5, 5.41) is 10.9. The summed E-state index contributed by atoms with van der Waals surface area (Å²) in [5.74, 6) is -0.948. The van der Waals surface area contributed by atoms with E-state index in [0.717, 1.165) is 0 Å². The Bertz CT molecular complexity index is 172. The zero-order valence-electron chi connectivity index (χ0n) is 6.84. The number of carboxylic acid groups (broad SMARTS) is 1. The molecule has 0 saturated heterocycles. The van der Waals surface area contributed by atoms with Crippen molar-refractivity contribution in [3.63, 3.8) is 0 Å². The van der Waals surface area contributed by atoms with Gasteiger partial charge in [0.05, 0.1) is 0 Å². The molecule has 0 aromatic carbocycles. The molecule has 0 aliphatic rings. The van der Waals surface area contributed by atoms with E-state index in [1.165, 1.54) is 6.92 Å². The summed E-state index contributed by atoms with van der Waals surface area (Å²) in [6.45, 7) is 1.29. The van der Waals surface area contributed by atoms with Gasteiger partial charge < -0.3 is 10.4 Å². The zero-order chi connectivity index (χ0) is 9.56. The minimum absolute atomic E-state index is 0.336. The van der Waals surface area contributed by atoms with Crippen molar-refractivity contribution in [2.24, 2.45) is 0 Å². The third-order valence-corrected chi connectivity index (χ3v) is 1.57. The molecular formula is C7H12ClNO3. The lowest BCUT2D eigenvalue weighted by Crippen LogP contribution is -2.39. The molecule has 70 valence electrons. The first kappa shape index (κ1) is 11.2. The molecule has 0 spiro atoms. The standard InChI is InChI=1S/C7H12ClNO3/c1-5(10)9-6(7(11)12)3-2-4-8/h6H,2-4H2,1H3,(H,9,10)(H,11,12)/t6-/m0/s1. The average Bonchev–Trinajstić information content (AvgIpc) is 1.96. The minimum Gasteiger partial charge on any atom is -0.480 e. The minimum atomic E-state index is -1.02. The topological polar surface area (TPSA) is 66.4 Å². The Morgan fingerprint density at radius 3 is 2.50 bits per heavy atom. The Morgan fingerprint density at radius 1 is 1.58 bits per heavy atom. The maximum absolute atomic E-state index is 10.5. The number of hydrogen-bond donors (Lipinski definition) is 2. The predicted molar refractivity (Wildman–Crippen MR) is 45.2 cm³/mol. The maximum atomic E-state index is 10.5. The van der Waals surface area contributed by atoms with Crippen LogP contribution in [0.2, 0.25) is 0 Å². The number of carbonyl (C=O) groups is 2. The summed E-state index contributed by atoms with van der Waals surface area (Å²) in [6, 6.07) is -0.804.